The Morgan fingerprint density at radius 2 is 2.00 bits per heavy atom. The van der Waals surface area contributed by atoms with Crippen LogP contribution in [0.5, 0.6) is 5.75 Å². The lowest BCUT2D eigenvalue weighted by molar-refractivity contribution is -0.126. The number of nitrogens with one attached hydrogen (secondary N) is 1. The molecule has 0 saturated heterocycles. The molecule has 17 heavy (non-hydrogen) atoms. The second kappa shape index (κ2) is 5.35. The van der Waals surface area contributed by atoms with Crippen molar-refractivity contribution < 1.29 is 22.3 Å². The minimum atomic E-state index is -4.33. The van der Waals surface area contributed by atoms with Gasteiger partial charge in [-0.25, -0.2) is 4.39 Å². The molecule has 0 fully saturated rings. The van der Waals surface area contributed by atoms with Gasteiger partial charge in [0, 0.05) is 11.6 Å². The molecular formula is C11H13F4NO. The van der Waals surface area contributed by atoms with Crippen LogP contribution in [0.2, 0.25) is 0 Å². The smallest absolute Gasteiger partial charge is 0.401 e. The highest BCUT2D eigenvalue weighted by Gasteiger charge is 2.28. The van der Waals surface area contributed by atoms with Crippen LogP contribution < -0.4 is 10.1 Å². The van der Waals surface area contributed by atoms with Crippen molar-refractivity contribution in [2.75, 3.05) is 13.7 Å². The molecule has 0 spiro atoms. The normalized spacial score (nSPS) is 13.5. The third kappa shape index (κ3) is 3.89. The van der Waals surface area contributed by atoms with Crippen molar-refractivity contribution in [3.05, 3.63) is 29.6 Å². The van der Waals surface area contributed by atoms with Crippen molar-refractivity contribution >= 4 is 0 Å². The van der Waals surface area contributed by atoms with E-state index in [-0.39, 0.29) is 11.3 Å². The monoisotopic (exact) mass is 251 g/mol. The standard InChI is InChI=1S/C11H13F4NO/c1-7(16-6-11(13,14)15)10-8(12)4-3-5-9(10)17-2/h3-5,7,16H,6H2,1-2H3/t7-/m0/s1. The zero-order chi connectivity index (χ0) is 13.1. The van der Waals surface area contributed by atoms with Crippen LogP contribution in [0, 0.1) is 5.82 Å². The van der Waals surface area contributed by atoms with E-state index in [2.05, 4.69) is 5.32 Å². The molecule has 0 aliphatic rings. The van der Waals surface area contributed by atoms with E-state index in [0.29, 0.717) is 0 Å². The topological polar surface area (TPSA) is 21.3 Å². The maximum atomic E-state index is 13.5. The quantitative estimate of drug-likeness (QED) is 0.830. The summed E-state index contributed by atoms with van der Waals surface area (Å²) in [4.78, 5) is 0. The highest BCUT2D eigenvalue weighted by Crippen LogP contribution is 2.28. The highest BCUT2D eigenvalue weighted by atomic mass is 19.4. The molecular weight excluding hydrogens is 238 g/mol. The van der Waals surface area contributed by atoms with E-state index in [4.69, 9.17) is 4.74 Å². The molecule has 0 amide bonds. The molecule has 0 heterocycles. The lowest BCUT2D eigenvalue weighted by atomic mass is 10.1. The maximum Gasteiger partial charge on any atom is 0.401 e. The van der Waals surface area contributed by atoms with E-state index < -0.39 is 24.6 Å². The zero-order valence-electron chi connectivity index (χ0n) is 9.44. The average Bonchev–Trinajstić information content (AvgIpc) is 2.24. The minimum absolute atomic E-state index is 0.0965. The average molecular weight is 251 g/mol. The van der Waals surface area contributed by atoms with Gasteiger partial charge in [-0.15, -0.1) is 0 Å². The molecule has 6 heteroatoms. The molecule has 0 saturated carbocycles. The minimum Gasteiger partial charge on any atom is -0.496 e. The second-order valence-electron chi connectivity index (χ2n) is 3.57. The largest absolute Gasteiger partial charge is 0.496 e. The first-order valence-electron chi connectivity index (χ1n) is 4.97. The lowest BCUT2D eigenvalue weighted by Gasteiger charge is -2.18. The van der Waals surface area contributed by atoms with E-state index in [0.717, 1.165) is 0 Å². The molecule has 2 nitrogen and oxygen atoms in total. The van der Waals surface area contributed by atoms with E-state index in [9.17, 15) is 17.6 Å². The molecule has 0 aliphatic heterocycles. The van der Waals surface area contributed by atoms with Crippen molar-refractivity contribution in [1.82, 2.24) is 5.32 Å². The van der Waals surface area contributed by atoms with E-state index >= 15 is 0 Å². The van der Waals surface area contributed by atoms with Crippen molar-refractivity contribution in [1.29, 1.82) is 0 Å². The van der Waals surface area contributed by atoms with Gasteiger partial charge in [0.1, 0.15) is 11.6 Å². The molecule has 1 N–H and O–H groups in total. The Hall–Kier alpha value is -1.30. The van der Waals surface area contributed by atoms with Gasteiger partial charge in [-0.1, -0.05) is 6.07 Å². The highest BCUT2D eigenvalue weighted by molar-refractivity contribution is 5.36. The first-order valence-corrected chi connectivity index (χ1v) is 4.97. The van der Waals surface area contributed by atoms with Crippen molar-refractivity contribution in [2.24, 2.45) is 0 Å². The van der Waals surface area contributed by atoms with Crippen LogP contribution in [-0.4, -0.2) is 19.8 Å². The van der Waals surface area contributed by atoms with Gasteiger partial charge in [0.15, 0.2) is 0 Å². The van der Waals surface area contributed by atoms with Crippen molar-refractivity contribution in [3.63, 3.8) is 0 Å². The molecule has 1 rings (SSSR count). The molecule has 96 valence electrons. The number of alkyl halides is 3. The van der Waals surface area contributed by atoms with Crippen LogP contribution >= 0.6 is 0 Å². The molecule has 0 aromatic heterocycles. The third-order valence-corrected chi connectivity index (χ3v) is 2.27. The lowest BCUT2D eigenvalue weighted by Crippen LogP contribution is -2.31. The van der Waals surface area contributed by atoms with Gasteiger partial charge in [0.05, 0.1) is 13.7 Å². The summed E-state index contributed by atoms with van der Waals surface area (Å²) in [5, 5.41) is 2.21. The molecule has 0 unspecified atom stereocenters. The van der Waals surface area contributed by atoms with Crippen molar-refractivity contribution in [2.45, 2.75) is 19.1 Å². The number of ether oxygens (including phenoxy) is 1. The van der Waals surface area contributed by atoms with Crippen molar-refractivity contribution in [3.8, 4) is 5.75 Å². The number of halogens is 4. The summed E-state index contributed by atoms with van der Waals surface area (Å²) < 4.78 is 54.5. The Morgan fingerprint density at radius 3 is 2.53 bits per heavy atom. The zero-order valence-corrected chi connectivity index (χ0v) is 9.44. The van der Waals surface area contributed by atoms with E-state index in [1.807, 2.05) is 0 Å². The number of hydrogen-bond acceptors (Lipinski definition) is 2. The van der Waals surface area contributed by atoms with Gasteiger partial charge in [-0.3, -0.25) is 0 Å². The number of benzene rings is 1. The Balaban J connectivity index is 2.84. The van der Waals surface area contributed by atoms with Gasteiger partial charge in [-0.2, -0.15) is 13.2 Å². The maximum absolute atomic E-state index is 13.5. The second-order valence-corrected chi connectivity index (χ2v) is 3.57. The predicted molar refractivity (Wildman–Crippen MR) is 55.4 cm³/mol. The summed E-state index contributed by atoms with van der Waals surface area (Å²) in [6.45, 7) is 0.276. The van der Waals surface area contributed by atoms with Crippen LogP contribution in [0.3, 0.4) is 0 Å². The fraction of sp³-hybridized carbons (Fsp3) is 0.455. The Kier molecular flexibility index (Phi) is 4.34. The number of rotatable bonds is 4. The first-order chi connectivity index (χ1) is 7.85. The predicted octanol–water partition coefficient (Wildman–Crippen LogP) is 3.05. The van der Waals surface area contributed by atoms with Gasteiger partial charge in [0.25, 0.3) is 0 Å². The molecule has 0 aliphatic carbocycles. The van der Waals surface area contributed by atoms with Gasteiger partial charge < -0.3 is 10.1 Å². The third-order valence-electron chi connectivity index (χ3n) is 2.27. The number of methoxy groups -OCH3 is 1. The van der Waals surface area contributed by atoms with Crippen LogP contribution in [0.25, 0.3) is 0 Å². The summed E-state index contributed by atoms with van der Waals surface area (Å²) in [6.07, 6.45) is -4.33. The summed E-state index contributed by atoms with van der Waals surface area (Å²) in [6, 6.07) is 3.34. The molecule has 1 aromatic carbocycles. The van der Waals surface area contributed by atoms with Crippen LogP contribution in [-0.2, 0) is 0 Å². The Bertz CT molecular complexity index is 378. The fourth-order valence-corrected chi connectivity index (χ4v) is 1.49. The first kappa shape index (κ1) is 13.8. The summed E-state index contributed by atoms with van der Waals surface area (Å²) in [5.74, 6) is -0.362. The van der Waals surface area contributed by atoms with Crippen LogP contribution in [0.1, 0.15) is 18.5 Å². The summed E-state index contributed by atoms with van der Waals surface area (Å²) in [7, 11) is 1.34. The SMILES string of the molecule is COc1cccc(F)c1[C@H](C)NCC(F)(F)F. The summed E-state index contributed by atoms with van der Waals surface area (Å²) in [5.41, 5.74) is 0.0965. The number of hydrogen-bond donors (Lipinski definition) is 1. The Labute approximate surface area is 96.6 Å². The van der Waals surface area contributed by atoms with Gasteiger partial charge in [-0.05, 0) is 19.1 Å². The van der Waals surface area contributed by atoms with Gasteiger partial charge >= 0.3 is 6.18 Å². The van der Waals surface area contributed by atoms with Crippen LogP contribution in [0.15, 0.2) is 18.2 Å². The fourth-order valence-electron chi connectivity index (χ4n) is 1.49. The van der Waals surface area contributed by atoms with E-state index in [1.54, 1.807) is 0 Å². The molecule has 0 bridgehead atoms. The molecule has 0 radical (unpaired) electrons. The molecule has 1 aromatic rings. The van der Waals surface area contributed by atoms with Crippen LogP contribution in [0.4, 0.5) is 17.6 Å². The van der Waals surface area contributed by atoms with Gasteiger partial charge in [0.2, 0.25) is 0 Å². The Morgan fingerprint density at radius 1 is 1.35 bits per heavy atom. The molecule has 1 atom stereocenters. The summed E-state index contributed by atoms with van der Waals surface area (Å²) >= 11 is 0. The van der Waals surface area contributed by atoms with E-state index in [1.165, 1.54) is 32.2 Å².